The van der Waals surface area contributed by atoms with Crippen molar-refractivity contribution in [2.24, 2.45) is 5.41 Å². The highest BCUT2D eigenvalue weighted by Crippen LogP contribution is 2.43. The Morgan fingerprint density at radius 3 is 2.64 bits per heavy atom. The second-order valence-corrected chi connectivity index (χ2v) is 7.29. The van der Waals surface area contributed by atoms with Crippen LogP contribution in [-0.4, -0.2) is 62.8 Å². The highest BCUT2D eigenvalue weighted by Gasteiger charge is 2.37. The molecule has 0 aromatic carbocycles. The molecule has 1 aliphatic carbocycles. The van der Waals surface area contributed by atoms with Crippen molar-refractivity contribution in [3.05, 3.63) is 0 Å². The largest absolute Gasteiger partial charge is 0.394 e. The summed E-state index contributed by atoms with van der Waals surface area (Å²) in [5, 5.41) is 16.2. The Morgan fingerprint density at radius 1 is 1.14 bits per heavy atom. The van der Waals surface area contributed by atoms with E-state index in [1.807, 2.05) is 0 Å². The lowest BCUT2D eigenvalue weighted by Crippen LogP contribution is -2.53. The Kier molecular flexibility index (Phi) is 6.10. The van der Waals surface area contributed by atoms with Gasteiger partial charge in [-0.3, -0.25) is 0 Å². The molecule has 0 aromatic rings. The quantitative estimate of drug-likeness (QED) is 0.708. The van der Waals surface area contributed by atoms with Gasteiger partial charge in [-0.2, -0.15) is 0 Å². The molecule has 3 aliphatic rings. The monoisotopic (exact) mass is 312 g/mol. The summed E-state index contributed by atoms with van der Waals surface area (Å²) in [5.74, 6) is 0. The molecular formula is C17H32N2O3. The molecule has 1 spiro atoms. The first-order valence-corrected chi connectivity index (χ1v) is 9.08. The van der Waals surface area contributed by atoms with Crippen LogP contribution in [0.3, 0.4) is 0 Å². The van der Waals surface area contributed by atoms with E-state index in [9.17, 15) is 0 Å². The zero-order chi connectivity index (χ0) is 15.3. The summed E-state index contributed by atoms with van der Waals surface area (Å²) in [6.07, 6.45) is 9.12. The van der Waals surface area contributed by atoms with E-state index < -0.39 is 0 Å². The maximum Gasteiger partial charge on any atom is 0.0773 e. The third kappa shape index (κ3) is 4.20. The van der Waals surface area contributed by atoms with Crippen molar-refractivity contribution >= 4 is 0 Å². The fourth-order valence-corrected chi connectivity index (χ4v) is 4.43. The number of hydrogen-bond acceptors (Lipinski definition) is 5. The van der Waals surface area contributed by atoms with Crippen LogP contribution in [0.1, 0.15) is 44.9 Å². The van der Waals surface area contributed by atoms with Gasteiger partial charge in [-0.15, -0.1) is 0 Å². The van der Waals surface area contributed by atoms with E-state index in [1.54, 1.807) is 0 Å². The fourth-order valence-electron chi connectivity index (χ4n) is 4.43. The Morgan fingerprint density at radius 2 is 1.91 bits per heavy atom. The van der Waals surface area contributed by atoms with Crippen molar-refractivity contribution in [2.75, 3.05) is 39.5 Å². The van der Waals surface area contributed by atoms with E-state index in [0.29, 0.717) is 18.1 Å². The molecule has 2 aliphatic heterocycles. The average molecular weight is 312 g/mol. The Hall–Kier alpha value is -0.200. The van der Waals surface area contributed by atoms with Crippen LogP contribution in [-0.2, 0) is 9.47 Å². The van der Waals surface area contributed by atoms with Crippen molar-refractivity contribution in [1.82, 2.24) is 10.6 Å². The van der Waals surface area contributed by atoms with Gasteiger partial charge in [0, 0.05) is 12.6 Å². The van der Waals surface area contributed by atoms with E-state index in [1.165, 1.54) is 51.6 Å². The zero-order valence-electron chi connectivity index (χ0n) is 13.7. The lowest BCUT2D eigenvalue weighted by atomic mass is 9.67. The van der Waals surface area contributed by atoms with Crippen LogP contribution in [0.5, 0.6) is 0 Å². The minimum atomic E-state index is 0.101. The van der Waals surface area contributed by atoms with Gasteiger partial charge in [-0.25, -0.2) is 0 Å². The molecule has 2 heterocycles. The first kappa shape index (κ1) is 16.7. The first-order chi connectivity index (χ1) is 10.8. The molecule has 5 heteroatoms. The number of hydrogen-bond donors (Lipinski definition) is 3. The van der Waals surface area contributed by atoms with Gasteiger partial charge in [0.05, 0.1) is 32.0 Å². The Balaban J connectivity index is 1.46. The summed E-state index contributed by atoms with van der Waals surface area (Å²) < 4.78 is 11.4. The third-order valence-corrected chi connectivity index (χ3v) is 5.88. The number of aliphatic hydroxyl groups excluding tert-OH is 1. The summed E-state index contributed by atoms with van der Waals surface area (Å²) in [6, 6.07) is 0.889. The van der Waals surface area contributed by atoms with E-state index in [2.05, 4.69) is 10.6 Å². The van der Waals surface area contributed by atoms with E-state index in [0.717, 1.165) is 19.6 Å². The molecule has 128 valence electrons. The van der Waals surface area contributed by atoms with Crippen molar-refractivity contribution in [3.8, 4) is 0 Å². The zero-order valence-corrected chi connectivity index (χ0v) is 13.7. The smallest absolute Gasteiger partial charge is 0.0773 e. The molecule has 0 aromatic heterocycles. The van der Waals surface area contributed by atoms with E-state index in [-0.39, 0.29) is 18.8 Å². The molecule has 2 atom stereocenters. The van der Waals surface area contributed by atoms with Gasteiger partial charge < -0.3 is 25.2 Å². The molecule has 2 saturated heterocycles. The van der Waals surface area contributed by atoms with E-state index >= 15 is 0 Å². The predicted molar refractivity (Wildman–Crippen MR) is 86.0 cm³/mol. The summed E-state index contributed by atoms with van der Waals surface area (Å²) in [7, 11) is 0. The van der Waals surface area contributed by atoms with Crippen molar-refractivity contribution in [2.45, 2.75) is 63.1 Å². The molecule has 22 heavy (non-hydrogen) atoms. The molecule has 3 fully saturated rings. The van der Waals surface area contributed by atoms with Crippen LogP contribution in [0.15, 0.2) is 0 Å². The maximum atomic E-state index is 8.96. The highest BCUT2D eigenvalue weighted by molar-refractivity contribution is 4.93. The van der Waals surface area contributed by atoms with Crippen molar-refractivity contribution < 1.29 is 14.6 Å². The third-order valence-electron chi connectivity index (χ3n) is 5.88. The molecule has 0 amide bonds. The van der Waals surface area contributed by atoms with Gasteiger partial charge >= 0.3 is 0 Å². The number of ether oxygens (including phenoxy) is 2. The Bertz CT molecular complexity index is 324. The van der Waals surface area contributed by atoms with Crippen molar-refractivity contribution in [1.29, 1.82) is 0 Å². The number of rotatable bonds is 5. The standard InChI is InChI=1S/C17H32N2O3/c20-10-12-22-16-3-11-21-13-15(16)19-14-1-4-17(5-2-14)6-8-18-9-7-17/h14-16,18-20H,1-13H2/t15-,16+/m1/s1. The summed E-state index contributed by atoms with van der Waals surface area (Å²) in [6.45, 7) is 4.45. The topological polar surface area (TPSA) is 62.8 Å². The van der Waals surface area contributed by atoms with Crippen LogP contribution in [0.25, 0.3) is 0 Å². The van der Waals surface area contributed by atoms with Gasteiger partial charge in [0.25, 0.3) is 0 Å². The summed E-state index contributed by atoms with van der Waals surface area (Å²) >= 11 is 0. The van der Waals surface area contributed by atoms with Crippen molar-refractivity contribution in [3.63, 3.8) is 0 Å². The molecule has 5 nitrogen and oxygen atoms in total. The van der Waals surface area contributed by atoms with Gasteiger partial charge in [0.15, 0.2) is 0 Å². The fraction of sp³-hybridized carbons (Fsp3) is 1.00. The summed E-state index contributed by atoms with van der Waals surface area (Å²) in [4.78, 5) is 0. The summed E-state index contributed by atoms with van der Waals surface area (Å²) in [5.41, 5.74) is 0.624. The molecule has 3 N–H and O–H groups in total. The Labute approximate surface area is 134 Å². The van der Waals surface area contributed by atoms with Crippen LogP contribution < -0.4 is 10.6 Å². The number of aliphatic hydroxyl groups is 1. The molecule has 1 saturated carbocycles. The van der Waals surface area contributed by atoms with Gasteiger partial charge in [-0.05, 0) is 63.5 Å². The number of piperidine rings is 1. The van der Waals surface area contributed by atoms with Gasteiger partial charge in [-0.1, -0.05) is 0 Å². The maximum absolute atomic E-state index is 8.96. The second-order valence-electron chi connectivity index (χ2n) is 7.29. The molecule has 0 radical (unpaired) electrons. The molecule has 3 rings (SSSR count). The number of nitrogens with one attached hydrogen (secondary N) is 2. The SMILES string of the molecule is OCCO[C@H]1CCOC[C@H]1NC1CCC2(CCNCC2)CC1. The highest BCUT2D eigenvalue weighted by atomic mass is 16.5. The van der Waals surface area contributed by atoms with Crippen LogP contribution >= 0.6 is 0 Å². The van der Waals surface area contributed by atoms with Crippen LogP contribution in [0, 0.1) is 5.41 Å². The molecule has 0 unspecified atom stereocenters. The van der Waals surface area contributed by atoms with E-state index in [4.69, 9.17) is 14.6 Å². The van der Waals surface area contributed by atoms with Crippen LogP contribution in [0.4, 0.5) is 0 Å². The average Bonchev–Trinajstić information content (AvgIpc) is 2.57. The predicted octanol–water partition coefficient (Wildman–Crippen LogP) is 1.05. The lowest BCUT2D eigenvalue weighted by molar-refractivity contribution is -0.0678. The normalized spacial score (nSPS) is 33.1. The first-order valence-electron chi connectivity index (χ1n) is 9.08. The second kappa shape index (κ2) is 8.06. The molecule has 0 bridgehead atoms. The van der Waals surface area contributed by atoms with Gasteiger partial charge in [0.1, 0.15) is 0 Å². The minimum absolute atomic E-state index is 0.101. The van der Waals surface area contributed by atoms with Crippen LogP contribution in [0.2, 0.25) is 0 Å². The molecular weight excluding hydrogens is 280 g/mol. The van der Waals surface area contributed by atoms with Gasteiger partial charge in [0.2, 0.25) is 0 Å². The minimum Gasteiger partial charge on any atom is -0.394 e. The lowest BCUT2D eigenvalue weighted by Gasteiger charge is -2.44.